The Hall–Kier alpha value is -1.20. The Labute approximate surface area is 108 Å². The first kappa shape index (κ1) is 12.3. The summed E-state index contributed by atoms with van der Waals surface area (Å²) >= 11 is 3.28. The Balaban J connectivity index is 2.19. The van der Waals surface area contributed by atoms with Crippen molar-refractivity contribution in [2.45, 2.75) is 11.9 Å². The molecule has 0 saturated carbocycles. The van der Waals surface area contributed by atoms with Crippen molar-refractivity contribution < 1.29 is 14.3 Å². The van der Waals surface area contributed by atoms with Crippen LogP contribution < -0.4 is 0 Å². The number of alkyl halides is 1. The van der Waals surface area contributed by atoms with Gasteiger partial charge in [-0.3, -0.25) is 14.5 Å². The molecule has 2 rings (SSSR count). The molecule has 0 spiro atoms. The first-order chi connectivity index (χ1) is 8.15. The van der Waals surface area contributed by atoms with Gasteiger partial charge in [-0.2, -0.15) is 0 Å². The average molecular weight is 298 g/mol. The summed E-state index contributed by atoms with van der Waals surface area (Å²) in [6, 6.07) is 6.84. The quantitative estimate of drug-likeness (QED) is 0.631. The van der Waals surface area contributed by atoms with Crippen LogP contribution in [0.15, 0.2) is 24.3 Å². The number of hydrogen-bond donors (Lipinski definition) is 0. The van der Waals surface area contributed by atoms with Crippen LogP contribution in [0.25, 0.3) is 0 Å². The fraction of sp³-hybridized carbons (Fsp3) is 0.333. The summed E-state index contributed by atoms with van der Waals surface area (Å²) in [4.78, 5) is 25.2. The molecule has 0 aliphatic carbocycles. The van der Waals surface area contributed by atoms with Gasteiger partial charge in [-0.15, -0.1) is 0 Å². The third-order valence-corrected chi connectivity index (χ3v) is 3.11. The molecule has 1 atom stereocenters. The summed E-state index contributed by atoms with van der Waals surface area (Å²) < 4.78 is 5.27. The van der Waals surface area contributed by atoms with Crippen molar-refractivity contribution in [1.29, 1.82) is 0 Å². The number of carbonyl (C=O) groups excluding carboxylic acids is 2. The Morgan fingerprint density at radius 1 is 1.24 bits per heavy atom. The highest BCUT2D eigenvalue weighted by Gasteiger charge is 2.35. The number of amides is 2. The maximum absolute atomic E-state index is 12.0. The molecule has 1 unspecified atom stereocenters. The third-order valence-electron chi connectivity index (χ3n) is 2.55. The molecule has 1 aliphatic rings. The number of nitrogens with zero attached hydrogens (tertiary/aromatic N) is 1. The molecule has 0 N–H and O–H groups in total. The number of fused-ring (bicyclic) bond motifs is 1. The highest BCUT2D eigenvalue weighted by Crippen LogP contribution is 2.23. The van der Waals surface area contributed by atoms with E-state index in [1.165, 1.54) is 4.90 Å². The third kappa shape index (κ3) is 2.25. The van der Waals surface area contributed by atoms with Crippen molar-refractivity contribution in [3.8, 4) is 0 Å². The normalized spacial score (nSPS) is 16.2. The first-order valence-corrected chi connectivity index (χ1v) is 6.27. The monoisotopic (exact) mass is 297 g/mol. The topological polar surface area (TPSA) is 46.6 Å². The summed E-state index contributed by atoms with van der Waals surface area (Å²) in [6.45, 7) is 2.61. The lowest BCUT2D eigenvalue weighted by Gasteiger charge is -2.17. The summed E-state index contributed by atoms with van der Waals surface area (Å²) in [5.41, 5.74) is 0.933. The van der Waals surface area contributed by atoms with Gasteiger partial charge in [0.2, 0.25) is 0 Å². The van der Waals surface area contributed by atoms with Crippen molar-refractivity contribution in [2.75, 3.05) is 13.2 Å². The molecular weight excluding hydrogens is 286 g/mol. The van der Waals surface area contributed by atoms with Gasteiger partial charge in [0.15, 0.2) is 0 Å². The van der Waals surface area contributed by atoms with E-state index < -0.39 is 0 Å². The summed E-state index contributed by atoms with van der Waals surface area (Å²) in [6.07, 6.45) is 0. The van der Waals surface area contributed by atoms with Crippen LogP contribution in [-0.4, -0.2) is 34.9 Å². The smallest absolute Gasteiger partial charge is 0.261 e. The van der Waals surface area contributed by atoms with E-state index in [1.54, 1.807) is 24.3 Å². The van der Waals surface area contributed by atoms with Gasteiger partial charge in [-0.25, -0.2) is 0 Å². The minimum absolute atomic E-state index is 0.222. The van der Waals surface area contributed by atoms with E-state index in [2.05, 4.69) is 15.9 Å². The summed E-state index contributed by atoms with van der Waals surface area (Å²) in [5, 5.41) is -0.324. The lowest BCUT2D eigenvalue weighted by Crippen LogP contribution is -2.35. The fourth-order valence-electron chi connectivity index (χ4n) is 1.78. The first-order valence-electron chi connectivity index (χ1n) is 5.36. The van der Waals surface area contributed by atoms with Crippen molar-refractivity contribution in [2.24, 2.45) is 0 Å². The van der Waals surface area contributed by atoms with E-state index in [-0.39, 0.29) is 23.4 Å². The van der Waals surface area contributed by atoms with Crippen molar-refractivity contribution in [3.05, 3.63) is 35.4 Å². The molecule has 1 aromatic rings. The second-order valence-electron chi connectivity index (χ2n) is 3.63. The molecule has 90 valence electrons. The number of rotatable bonds is 4. The minimum atomic E-state index is -0.324. The van der Waals surface area contributed by atoms with Gasteiger partial charge in [0, 0.05) is 6.61 Å². The zero-order chi connectivity index (χ0) is 12.4. The number of carbonyl (C=O) groups is 2. The molecule has 2 amide bonds. The minimum Gasteiger partial charge on any atom is -0.365 e. The molecule has 0 fully saturated rings. The predicted molar refractivity (Wildman–Crippen MR) is 66.2 cm³/mol. The zero-order valence-electron chi connectivity index (χ0n) is 9.35. The second-order valence-corrected chi connectivity index (χ2v) is 4.65. The SMILES string of the molecule is CCOC(Br)CN1C(=O)c2ccccc2C1=O. The predicted octanol–water partition coefficient (Wildman–Crippen LogP) is 2.04. The van der Waals surface area contributed by atoms with Gasteiger partial charge < -0.3 is 4.74 Å². The second kappa shape index (κ2) is 4.98. The summed E-state index contributed by atoms with van der Waals surface area (Å²) in [5.74, 6) is -0.510. The largest absolute Gasteiger partial charge is 0.365 e. The maximum Gasteiger partial charge on any atom is 0.261 e. The van der Waals surface area contributed by atoms with Crippen molar-refractivity contribution in [3.63, 3.8) is 0 Å². The van der Waals surface area contributed by atoms with Gasteiger partial charge >= 0.3 is 0 Å². The van der Waals surface area contributed by atoms with Crippen LogP contribution in [0, 0.1) is 0 Å². The van der Waals surface area contributed by atoms with Gasteiger partial charge in [-0.05, 0) is 19.1 Å². The lowest BCUT2D eigenvalue weighted by molar-refractivity contribution is 0.0539. The van der Waals surface area contributed by atoms with E-state index in [9.17, 15) is 9.59 Å². The zero-order valence-corrected chi connectivity index (χ0v) is 10.9. The molecule has 17 heavy (non-hydrogen) atoms. The molecule has 0 radical (unpaired) electrons. The van der Waals surface area contributed by atoms with Gasteiger partial charge in [0.25, 0.3) is 11.8 Å². The highest BCUT2D eigenvalue weighted by atomic mass is 79.9. The number of halogens is 1. The van der Waals surface area contributed by atoms with Crippen LogP contribution in [0.1, 0.15) is 27.6 Å². The van der Waals surface area contributed by atoms with Crippen LogP contribution in [-0.2, 0) is 4.74 Å². The van der Waals surface area contributed by atoms with Crippen molar-refractivity contribution >= 4 is 27.7 Å². The molecule has 5 heteroatoms. The average Bonchev–Trinajstić information content (AvgIpc) is 2.56. The van der Waals surface area contributed by atoms with Gasteiger partial charge in [0.1, 0.15) is 5.01 Å². The van der Waals surface area contributed by atoms with Crippen LogP contribution in [0.4, 0.5) is 0 Å². The number of ether oxygens (including phenoxy) is 1. The Bertz CT molecular complexity index is 426. The van der Waals surface area contributed by atoms with Crippen LogP contribution in [0.3, 0.4) is 0 Å². The molecular formula is C12H12BrNO3. The van der Waals surface area contributed by atoms with E-state index >= 15 is 0 Å². The Kier molecular flexibility index (Phi) is 3.59. The molecule has 0 aromatic heterocycles. The molecule has 1 heterocycles. The lowest BCUT2D eigenvalue weighted by atomic mass is 10.1. The van der Waals surface area contributed by atoms with Crippen LogP contribution >= 0.6 is 15.9 Å². The van der Waals surface area contributed by atoms with E-state index in [1.807, 2.05) is 6.92 Å². The van der Waals surface area contributed by atoms with E-state index in [0.29, 0.717) is 17.7 Å². The van der Waals surface area contributed by atoms with Gasteiger partial charge in [0.05, 0.1) is 17.7 Å². The molecule has 0 saturated heterocycles. The maximum atomic E-state index is 12.0. The van der Waals surface area contributed by atoms with E-state index in [4.69, 9.17) is 4.74 Å². The van der Waals surface area contributed by atoms with E-state index in [0.717, 1.165) is 0 Å². The number of benzene rings is 1. The van der Waals surface area contributed by atoms with Crippen molar-refractivity contribution in [1.82, 2.24) is 4.90 Å². The fourth-order valence-corrected chi connectivity index (χ4v) is 2.34. The molecule has 1 aromatic carbocycles. The Morgan fingerprint density at radius 3 is 2.24 bits per heavy atom. The van der Waals surface area contributed by atoms with Crippen LogP contribution in [0.2, 0.25) is 0 Å². The van der Waals surface area contributed by atoms with Crippen LogP contribution in [0.5, 0.6) is 0 Å². The Morgan fingerprint density at radius 2 is 1.76 bits per heavy atom. The van der Waals surface area contributed by atoms with Gasteiger partial charge in [-0.1, -0.05) is 28.1 Å². The molecule has 0 bridgehead atoms. The number of hydrogen-bond acceptors (Lipinski definition) is 3. The number of imide groups is 1. The molecule has 1 aliphatic heterocycles. The standard InChI is InChI=1S/C12H12BrNO3/c1-2-17-10(13)7-14-11(15)8-5-3-4-6-9(8)12(14)16/h3-6,10H,2,7H2,1H3. The summed E-state index contributed by atoms with van der Waals surface area (Å²) in [7, 11) is 0. The molecule has 4 nitrogen and oxygen atoms in total. The highest BCUT2D eigenvalue weighted by molar-refractivity contribution is 9.09.